The fraction of sp³-hybridized carbons (Fsp3) is 0.294. The van der Waals surface area contributed by atoms with Crippen LogP contribution >= 0.6 is 11.6 Å². The summed E-state index contributed by atoms with van der Waals surface area (Å²) in [6.07, 6.45) is 4.56. The highest BCUT2D eigenvalue weighted by Gasteiger charge is 2.27. The van der Waals surface area contributed by atoms with E-state index in [0.717, 1.165) is 42.4 Å². The van der Waals surface area contributed by atoms with Gasteiger partial charge >= 0.3 is 0 Å². The van der Waals surface area contributed by atoms with Crippen molar-refractivity contribution < 1.29 is 22.0 Å². The average molecular weight is 651 g/mol. The molecule has 5 aromatic rings. The lowest BCUT2D eigenvalue weighted by Crippen LogP contribution is -2.34. The van der Waals surface area contributed by atoms with Crippen LogP contribution in [0.2, 0.25) is 5.02 Å². The van der Waals surface area contributed by atoms with Crippen LogP contribution in [0, 0.1) is 5.82 Å². The van der Waals surface area contributed by atoms with Crippen molar-refractivity contribution in [3.8, 4) is 17.1 Å². The third-order valence-corrected chi connectivity index (χ3v) is 8.49. The van der Waals surface area contributed by atoms with Gasteiger partial charge in [0.05, 0.1) is 22.3 Å². The van der Waals surface area contributed by atoms with Gasteiger partial charge in [-0.2, -0.15) is 0 Å². The summed E-state index contributed by atoms with van der Waals surface area (Å²) < 4.78 is 50.4. The van der Waals surface area contributed by atoms with Gasteiger partial charge in [0.15, 0.2) is 0 Å². The van der Waals surface area contributed by atoms with E-state index in [2.05, 4.69) is 34.0 Å². The number of hydrogen-bond acceptors (Lipinski definition) is 8. The second-order valence-corrected chi connectivity index (χ2v) is 13.6. The number of furan rings is 1. The van der Waals surface area contributed by atoms with E-state index in [0.29, 0.717) is 39.4 Å². The predicted octanol–water partition coefficient (Wildman–Crippen LogP) is 8.21. The normalized spacial score (nSPS) is 12.5. The number of aromatic nitrogens is 2. The zero-order valence-electron chi connectivity index (χ0n) is 25.5. The highest BCUT2D eigenvalue weighted by Crippen LogP contribution is 2.34. The van der Waals surface area contributed by atoms with E-state index in [4.69, 9.17) is 20.8 Å². The Kier molecular flexibility index (Phi) is 10.4. The summed E-state index contributed by atoms with van der Waals surface area (Å²) in [6.45, 7) is 5.90. The summed E-state index contributed by atoms with van der Waals surface area (Å²) in [5.41, 5.74) is 2.93. The van der Waals surface area contributed by atoms with E-state index in [9.17, 15) is 12.8 Å². The van der Waals surface area contributed by atoms with Crippen LogP contribution < -0.4 is 10.1 Å². The predicted molar refractivity (Wildman–Crippen MR) is 177 cm³/mol. The minimum Gasteiger partial charge on any atom is -0.487 e. The van der Waals surface area contributed by atoms with Crippen LogP contribution in [0.5, 0.6) is 5.75 Å². The van der Waals surface area contributed by atoms with Gasteiger partial charge in [-0.1, -0.05) is 37.6 Å². The van der Waals surface area contributed by atoms with Gasteiger partial charge < -0.3 is 14.5 Å². The molecule has 3 aromatic carbocycles. The highest BCUT2D eigenvalue weighted by molar-refractivity contribution is 7.90. The summed E-state index contributed by atoms with van der Waals surface area (Å²) in [5, 5.41) is 4.48. The molecule has 2 aromatic heterocycles. The minimum absolute atomic E-state index is 0.0171. The standard InChI is InChI=1S/C34H36ClFN4O4S/c1-4-15-40(16-5-2)30(21-45(3,41)42)33-14-13-31(44-33)24-9-11-29-27(18-24)34(38-22-37-29)39-26-10-12-32(28(35)19-26)43-20-23-7-6-8-25(36)17-23/h6-14,17-19,22,30H,4-5,15-16,20-21H2,1-3H3,(H,37,38,39)/t30-/m1/s1. The molecule has 0 bridgehead atoms. The van der Waals surface area contributed by atoms with Crippen LogP contribution in [0.4, 0.5) is 15.9 Å². The summed E-state index contributed by atoms with van der Waals surface area (Å²) in [7, 11) is -3.25. The molecule has 0 amide bonds. The third kappa shape index (κ3) is 8.39. The smallest absolute Gasteiger partial charge is 0.149 e. The maximum atomic E-state index is 13.5. The van der Waals surface area contributed by atoms with E-state index >= 15 is 0 Å². The topological polar surface area (TPSA) is 97.6 Å². The maximum absolute atomic E-state index is 13.5. The molecule has 2 heterocycles. The van der Waals surface area contributed by atoms with Crippen LogP contribution in [0.25, 0.3) is 22.2 Å². The van der Waals surface area contributed by atoms with Gasteiger partial charge in [-0.3, -0.25) is 4.90 Å². The van der Waals surface area contributed by atoms with Gasteiger partial charge in [0.1, 0.15) is 51.7 Å². The molecule has 0 aliphatic rings. The Bertz CT molecular complexity index is 1880. The van der Waals surface area contributed by atoms with Crippen molar-refractivity contribution in [2.75, 3.05) is 30.4 Å². The molecular weight excluding hydrogens is 615 g/mol. The number of sulfone groups is 1. The lowest BCUT2D eigenvalue weighted by atomic mass is 10.1. The first kappa shape index (κ1) is 32.4. The molecule has 236 valence electrons. The van der Waals surface area contributed by atoms with Gasteiger partial charge in [-0.15, -0.1) is 0 Å². The fourth-order valence-electron chi connectivity index (χ4n) is 5.27. The van der Waals surface area contributed by atoms with Crippen molar-refractivity contribution in [3.63, 3.8) is 0 Å². The number of benzene rings is 3. The maximum Gasteiger partial charge on any atom is 0.149 e. The molecule has 0 unspecified atom stereocenters. The number of nitrogens with one attached hydrogen (secondary N) is 1. The van der Waals surface area contributed by atoms with Gasteiger partial charge in [-0.05, 0) is 92.2 Å². The average Bonchev–Trinajstić information content (AvgIpc) is 3.49. The van der Waals surface area contributed by atoms with E-state index in [1.54, 1.807) is 24.3 Å². The molecule has 0 spiro atoms. The van der Waals surface area contributed by atoms with Gasteiger partial charge in [0.2, 0.25) is 0 Å². The van der Waals surface area contributed by atoms with Crippen LogP contribution in [-0.2, 0) is 16.4 Å². The van der Waals surface area contributed by atoms with Crippen LogP contribution in [0.15, 0.2) is 83.5 Å². The lowest BCUT2D eigenvalue weighted by Gasteiger charge is -2.29. The summed E-state index contributed by atoms with van der Waals surface area (Å²) in [5.74, 6) is 1.95. The Hall–Kier alpha value is -3.99. The van der Waals surface area contributed by atoms with E-state index in [1.165, 1.54) is 24.7 Å². The van der Waals surface area contributed by atoms with Crippen LogP contribution in [0.3, 0.4) is 0 Å². The number of anilines is 2. The van der Waals surface area contributed by atoms with Crippen molar-refractivity contribution in [3.05, 3.63) is 101 Å². The first-order chi connectivity index (χ1) is 21.6. The molecule has 45 heavy (non-hydrogen) atoms. The largest absolute Gasteiger partial charge is 0.487 e. The number of fused-ring (bicyclic) bond motifs is 1. The Morgan fingerprint density at radius 3 is 2.51 bits per heavy atom. The molecule has 0 fully saturated rings. The monoisotopic (exact) mass is 650 g/mol. The summed E-state index contributed by atoms with van der Waals surface area (Å²) >= 11 is 6.52. The molecule has 8 nitrogen and oxygen atoms in total. The fourth-order valence-corrected chi connectivity index (χ4v) is 6.45. The second-order valence-electron chi connectivity index (χ2n) is 11.0. The molecule has 0 aliphatic carbocycles. The summed E-state index contributed by atoms with van der Waals surface area (Å²) in [4.78, 5) is 11.1. The van der Waals surface area contributed by atoms with Gasteiger partial charge in [0.25, 0.3) is 0 Å². The van der Waals surface area contributed by atoms with Crippen LogP contribution in [-0.4, -0.2) is 48.4 Å². The van der Waals surface area contributed by atoms with Gasteiger partial charge in [-0.25, -0.2) is 22.8 Å². The molecule has 11 heteroatoms. The Labute approximate surface area is 268 Å². The van der Waals surface area contributed by atoms with E-state index in [1.807, 2.05) is 36.4 Å². The van der Waals surface area contributed by atoms with Crippen LogP contribution in [0.1, 0.15) is 44.1 Å². The molecule has 0 aliphatic heterocycles. The lowest BCUT2D eigenvalue weighted by molar-refractivity contribution is 0.191. The minimum atomic E-state index is -3.25. The first-order valence-electron chi connectivity index (χ1n) is 14.8. The molecule has 1 N–H and O–H groups in total. The second kappa shape index (κ2) is 14.4. The molecule has 5 rings (SSSR count). The number of hydrogen-bond donors (Lipinski definition) is 1. The van der Waals surface area contributed by atoms with E-state index in [-0.39, 0.29) is 24.2 Å². The number of rotatable bonds is 14. The third-order valence-electron chi connectivity index (χ3n) is 7.28. The van der Waals surface area contributed by atoms with Crippen molar-refractivity contribution in [2.45, 2.75) is 39.3 Å². The van der Waals surface area contributed by atoms with E-state index < -0.39 is 9.84 Å². The first-order valence-corrected chi connectivity index (χ1v) is 17.3. The zero-order valence-corrected chi connectivity index (χ0v) is 27.0. The summed E-state index contributed by atoms with van der Waals surface area (Å²) in [6, 6.07) is 20.7. The van der Waals surface area contributed by atoms with Crippen molar-refractivity contribution >= 4 is 43.8 Å². The number of halogens is 2. The zero-order chi connectivity index (χ0) is 32.0. The highest BCUT2D eigenvalue weighted by atomic mass is 35.5. The molecular formula is C34H36ClFN4O4S. The Balaban J connectivity index is 1.39. The number of ether oxygens (including phenoxy) is 1. The Morgan fingerprint density at radius 2 is 1.80 bits per heavy atom. The molecule has 0 saturated heterocycles. The molecule has 0 saturated carbocycles. The van der Waals surface area contributed by atoms with Gasteiger partial charge in [0, 0.05) is 22.9 Å². The van der Waals surface area contributed by atoms with Crippen molar-refractivity contribution in [2.24, 2.45) is 0 Å². The molecule has 0 radical (unpaired) electrons. The van der Waals surface area contributed by atoms with Crippen molar-refractivity contribution in [1.29, 1.82) is 0 Å². The number of nitrogens with zero attached hydrogens (tertiary/aromatic N) is 3. The molecule has 1 atom stereocenters. The quantitative estimate of drug-likeness (QED) is 0.128. The SMILES string of the molecule is CCCN(CCC)[C@H](CS(C)(=O)=O)c1ccc(-c2ccc3ncnc(Nc4ccc(OCc5cccc(F)c5)c(Cl)c4)c3c2)o1. The Morgan fingerprint density at radius 1 is 1.00 bits per heavy atom. The van der Waals surface area contributed by atoms with Crippen molar-refractivity contribution in [1.82, 2.24) is 14.9 Å².